The molecule has 1 aliphatic rings. The van der Waals surface area contributed by atoms with Gasteiger partial charge in [-0.15, -0.1) is 10.2 Å². The predicted octanol–water partition coefficient (Wildman–Crippen LogP) is 4.16. The molecule has 1 aliphatic heterocycles. The van der Waals surface area contributed by atoms with Crippen molar-refractivity contribution in [1.82, 2.24) is 20.0 Å². The van der Waals surface area contributed by atoms with Crippen LogP contribution in [0.5, 0.6) is 0 Å². The van der Waals surface area contributed by atoms with E-state index in [0.717, 1.165) is 11.1 Å². The maximum atomic E-state index is 13.8. The molecule has 3 heterocycles. The van der Waals surface area contributed by atoms with E-state index in [1.807, 2.05) is 30.3 Å². The van der Waals surface area contributed by atoms with Crippen molar-refractivity contribution in [2.75, 3.05) is 10.6 Å². The van der Waals surface area contributed by atoms with E-state index in [-0.39, 0.29) is 5.91 Å². The van der Waals surface area contributed by atoms with Gasteiger partial charge in [-0.05, 0) is 29.8 Å². The first-order valence-electron chi connectivity index (χ1n) is 9.39. The van der Waals surface area contributed by atoms with Crippen molar-refractivity contribution in [3.05, 3.63) is 71.5 Å². The lowest BCUT2D eigenvalue weighted by molar-refractivity contribution is 0.102. The largest absolute Gasteiger partial charge is 0.330 e. The Morgan fingerprint density at radius 2 is 2.06 bits per heavy atom. The second-order valence-electron chi connectivity index (χ2n) is 6.95. The maximum absolute atomic E-state index is 13.8. The third kappa shape index (κ3) is 3.92. The van der Waals surface area contributed by atoms with Gasteiger partial charge in [0.2, 0.25) is 11.1 Å². The van der Waals surface area contributed by atoms with Crippen molar-refractivity contribution in [3.8, 4) is 10.6 Å². The molecule has 154 valence electrons. The molecule has 4 aromatic rings. The Kier molecular flexibility index (Phi) is 4.75. The SMILES string of the molecule is Cn1cc(C(=O)Nc2cccc(-c3nnc(Nc4ccc5c(c4)C(F)=NC5)s3)c2)cn1. The number of amides is 1. The van der Waals surface area contributed by atoms with Gasteiger partial charge in [-0.1, -0.05) is 29.5 Å². The Morgan fingerprint density at radius 1 is 1.16 bits per heavy atom. The zero-order valence-electron chi connectivity index (χ0n) is 16.3. The van der Waals surface area contributed by atoms with Crippen molar-refractivity contribution in [2.45, 2.75) is 6.54 Å². The molecule has 1 amide bonds. The van der Waals surface area contributed by atoms with Crippen LogP contribution in [0.1, 0.15) is 21.5 Å². The highest BCUT2D eigenvalue weighted by Crippen LogP contribution is 2.31. The van der Waals surface area contributed by atoms with Crippen molar-refractivity contribution >= 4 is 39.7 Å². The van der Waals surface area contributed by atoms with Crippen LogP contribution in [0, 0.1) is 0 Å². The minimum atomic E-state index is -0.443. The highest BCUT2D eigenvalue weighted by atomic mass is 32.1. The van der Waals surface area contributed by atoms with Gasteiger partial charge in [-0.25, -0.2) is 0 Å². The zero-order valence-corrected chi connectivity index (χ0v) is 17.2. The Hall–Kier alpha value is -3.92. The lowest BCUT2D eigenvalue weighted by Crippen LogP contribution is -2.11. The van der Waals surface area contributed by atoms with Crippen LogP contribution in [0.25, 0.3) is 10.6 Å². The summed E-state index contributed by atoms with van der Waals surface area (Å²) in [5, 5.41) is 19.7. The number of nitrogens with zero attached hydrogens (tertiary/aromatic N) is 5. The summed E-state index contributed by atoms with van der Waals surface area (Å²) in [5.41, 5.74) is 4.03. The van der Waals surface area contributed by atoms with Crippen molar-refractivity contribution in [2.24, 2.45) is 12.0 Å². The minimum Gasteiger partial charge on any atom is -0.330 e. The van der Waals surface area contributed by atoms with Crippen LogP contribution in [-0.4, -0.2) is 31.9 Å². The lowest BCUT2D eigenvalue weighted by atomic mass is 10.1. The van der Waals surface area contributed by atoms with E-state index in [1.54, 1.807) is 30.1 Å². The molecule has 0 fully saturated rings. The first-order valence-corrected chi connectivity index (χ1v) is 10.2. The van der Waals surface area contributed by atoms with E-state index in [2.05, 4.69) is 30.9 Å². The molecule has 5 rings (SSSR count). The topological polar surface area (TPSA) is 97.1 Å². The number of benzene rings is 2. The molecule has 0 saturated carbocycles. The lowest BCUT2D eigenvalue weighted by Gasteiger charge is -2.05. The summed E-state index contributed by atoms with van der Waals surface area (Å²) in [4.78, 5) is 16.2. The highest BCUT2D eigenvalue weighted by Gasteiger charge is 2.16. The molecule has 0 aliphatic carbocycles. The van der Waals surface area contributed by atoms with Crippen LogP contribution < -0.4 is 10.6 Å². The fraction of sp³-hybridized carbons (Fsp3) is 0.0952. The molecule has 31 heavy (non-hydrogen) atoms. The van der Waals surface area contributed by atoms with Gasteiger partial charge in [0.05, 0.1) is 18.3 Å². The molecular weight excluding hydrogens is 417 g/mol. The standard InChI is InChI=1S/C21H16FN7OS/c1-29-11-14(10-24-29)19(30)25-15-4-2-3-12(7-15)20-27-28-21(31-20)26-16-6-5-13-9-23-18(22)17(13)8-16/h2-8,10-11H,9H2,1H3,(H,25,30)(H,26,28). The number of aryl methyl sites for hydroxylation is 1. The van der Waals surface area contributed by atoms with Crippen molar-refractivity contribution in [3.63, 3.8) is 0 Å². The number of aliphatic imine (C=N–C) groups is 1. The van der Waals surface area contributed by atoms with E-state index in [1.165, 1.54) is 17.5 Å². The summed E-state index contributed by atoms with van der Waals surface area (Å²) in [6, 6.07) is 12.8. The predicted molar refractivity (Wildman–Crippen MR) is 118 cm³/mol. The highest BCUT2D eigenvalue weighted by molar-refractivity contribution is 7.18. The summed E-state index contributed by atoms with van der Waals surface area (Å²) in [6.45, 7) is 0.373. The summed E-state index contributed by atoms with van der Waals surface area (Å²) in [6.07, 6.45) is 3.16. The normalized spacial score (nSPS) is 12.4. The third-order valence-electron chi connectivity index (χ3n) is 4.73. The molecule has 0 radical (unpaired) electrons. The van der Waals surface area contributed by atoms with Gasteiger partial charge in [-0.2, -0.15) is 9.49 Å². The van der Waals surface area contributed by atoms with Gasteiger partial charge < -0.3 is 10.6 Å². The average Bonchev–Trinajstić information content (AvgIpc) is 3.49. The van der Waals surface area contributed by atoms with Crippen LogP contribution in [0.15, 0.2) is 59.9 Å². The second kappa shape index (κ2) is 7.73. The third-order valence-corrected chi connectivity index (χ3v) is 5.62. The minimum absolute atomic E-state index is 0.239. The second-order valence-corrected chi connectivity index (χ2v) is 7.93. The Labute approximate surface area is 180 Å². The van der Waals surface area contributed by atoms with Gasteiger partial charge in [0, 0.05) is 35.7 Å². The van der Waals surface area contributed by atoms with Crippen LogP contribution in [0.3, 0.4) is 0 Å². The quantitative estimate of drug-likeness (QED) is 0.493. The molecule has 2 aromatic heterocycles. The molecule has 0 saturated heterocycles. The smallest absolute Gasteiger partial charge is 0.258 e. The van der Waals surface area contributed by atoms with E-state index in [9.17, 15) is 9.18 Å². The van der Waals surface area contributed by atoms with E-state index >= 15 is 0 Å². The van der Waals surface area contributed by atoms with E-state index in [4.69, 9.17) is 0 Å². The first-order chi connectivity index (χ1) is 15.0. The summed E-state index contributed by atoms with van der Waals surface area (Å²) >= 11 is 1.36. The number of hydrogen-bond acceptors (Lipinski definition) is 7. The number of rotatable bonds is 5. The fourth-order valence-corrected chi connectivity index (χ4v) is 3.97. The number of anilines is 3. The molecule has 0 spiro atoms. The molecule has 0 bridgehead atoms. The number of carbonyl (C=O) groups excluding carboxylic acids is 1. The van der Waals surface area contributed by atoms with Crippen molar-refractivity contribution < 1.29 is 9.18 Å². The Bertz CT molecular complexity index is 1330. The number of hydrogen-bond donors (Lipinski definition) is 2. The molecular formula is C21H16FN7OS. The van der Waals surface area contributed by atoms with Gasteiger partial charge in [0.25, 0.3) is 5.91 Å². The Morgan fingerprint density at radius 3 is 2.90 bits per heavy atom. The van der Waals surface area contributed by atoms with Crippen LogP contribution in [0.2, 0.25) is 0 Å². The molecule has 8 nitrogen and oxygen atoms in total. The van der Waals surface area contributed by atoms with Gasteiger partial charge in [0.15, 0.2) is 0 Å². The van der Waals surface area contributed by atoms with Crippen LogP contribution in [-0.2, 0) is 13.6 Å². The van der Waals surface area contributed by atoms with Gasteiger partial charge in [-0.3, -0.25) is 14.5 Å². The number of aromatic nitrogens is 4. The van der Waals surface area contributed by atoms with E-state index < -0.39 is 5.97 Å². The molecule has 0 unspecified atom stereocenters. The number of nitrogens with one attached hydrogen (secondary N) is 2. The summed E-state index contributed by atoms with van der Waals surface area (Å²) in [5.74, 6) is -0.681. The van der Waals surface area contributed by atoms with Gasteiger partial charge in [0.1, 0.15) is 5.01 Å². The molecule has 2 N–H and O–H groups in total. The molecule has 2 aromatic carbocycles. The summed E-state index contributed by atoms with van der Waals surface area (Å²) in [7, 11) is 1.76. The Balaban J connectivity index is 1.32. The van der Waals surface area contributed by atoms with Crippen molar-refractivity contribution in [1.29, 1.82) is 0 Å². The first kappa shape index (κ1) is 19.1. The number of carbonyl (C=O) groups is 1. The average molecular weight is 433 g/mol. The maximum Gasteiger partial charge on any atom is 0.258 e. The molecule has 0 atom stereocenters. The van der Waals surface area contributed by atoms with E-state index in [0.29, 0.717) is 39.2 Å². The van der Waals surface area contributed by atoms with Gasteiger partial charge >= 0.3 is 0 Å². The fourth-order valence-electron chi connectivity index (χ4n) is 3.21. The number of fused-ring (bicyclic) bond motifs is 1. The van der Waals surface area contributed by atoms with Crippen LogP contribution >= 0.6 is 11.3 Å². The summed E-state index contributed by atoms with van der Waals surface area (Å²) < 4.78 is 15.3. The zero-order chi connectivity index (χ0) is 21.4. The molecule has 10 heteroatoms. The van der Waals surface area contributed by atoms with Crippen LogP contribution in [0.4, 0.5) is 20.9 Å². The number of halogens is 1. The monoisotopic (exact) mass is 433 g/mol.